The summed E-state index contributed by atoms with van der Waals surface area (Å²) in [5.74, 6) is -0.267. The summed E-state index contributed by atoms with van der Waals surface area (Å²) in [7, 11) is 1.51. The van der Waals surface area contributed by atoms with E-state index >= 15 is 0 Å². The molecule has 0 radical (unpaired) electrons. The topological polar surface area (TPSA) is 83.0 Å². The SMILES string of the molecule is COCc1nn(Cc2csc(-c3ccccn3)n2)c(=O)o1. The van der Waals surface area contributed by atoms with Gasteiger partial charge in [-0.3, -0.25) is 4.98 Å². The number of aromatic nitrogens is 4. The van der Waals surface area contributed by atoms with Crippen LogP contribution in [0.25, 0.3) is 10.7 Å². The normalized spacial score (nSPS) is 10.9. The summed E-state index contributed by atoms with van der Waals surface area (Å²) in [6.07, 6.45) is 1.72. The third-order valence-corrected chi connectivity index (χ3v) is 3.58. The van der Waals surface area contributed by atoms with Gasteiger partial charge in [0.05, 0.1) is 17.9 Å². The van der Waals surface area contributed by atoms with Crippen LogP contribution in [0.4, 0.5) is 0 Å². The van der Waals surface area contributed by atoms with Crippen LogP contribution in [0.2, 0.25) is 0 Å². The van der Waals surface area contributed by atoms with Crippen molar-refractivity contribution in [3.05, 3.63) is 51.9 Å². The Kier molecular flexibility index (Phi) is 3.89. The van der Waals surface area contributed by atoms with Crippen LogP contribution in [-0.4, -0.2) is 26.9 Å². The quantitative estimate of drug-likeness (QED) is 0.711. The number of pyridine rings is 1. The molecule has 3 heterocycles. The van der Waals surface area contributed by atoms with Gasteiger partial charge in [-0.15, -0.1) is 16.4 Å². The van der Waals surface area contributed by atoms with E-state index in [1.807, 2.05) is 23.6 Å². The summed E-state index contributed by atoms with van der Waals surface area (Å²) >= 11 is 1.47. The first-order chi connectivity index (χ1) is 10.3. The fourth-order valence-electron chi connectivity index (χ4n) is 1.77. The minimum atomic E-state index is -0.519. The molecule has 0 unspecified atom stereocenters. The molecule has 7 nitrogen and oxygen atoms in total. The number of ether oxygens (including phenoxy) is 1. The van der Waals surface area contributed by atoms with Gasteiger partial charge >= 0.3 is 5.76 Å². The van der Waals surface area contributed by atoms with Crippen molar-refractivity contribution < 1.29 is 9.15 Å². The van der Waals surface area contributed by atoms with E-state index in [1.54, 1.807) is 6.20 Å². The fourth-order valence-corrected chi connectivity index (χ4v) is 2.56. The largest absolute Gasteiger partial charge is 0.437 e. The highest BCUT2D eigenvalue weighted by Crippen LogP contribution is 2.21. The smallest absolute Gasteiger partial charge is 0.390 e. The Morgan fingerprint density at radius 3 is 3.10 bits per heavy atom. The van der Waals surface area contributed by atoms with Crippen molar-refractivity contribution in [3.8, 4) is 10.7 Å². The lowest BCUT2D eigenvalue weighted by Gasteiger charge is -1.95. The van der Waals surface area contributed by atoms with Crippen LogP contribution >= 0.6 is 11.3 Å². The van der Waals surface area contributed by atoms with Crippen molar-refractivity contribution in [1.29, 1.82) is 0 Å². The van der Waals surface area contributed by atoms with E-state index in [9.17, 15) is 4.79 Å². The second kappa shape index (κ2) is 5.98. The zero-order chi connectivity index (χ0) is 14.7. The highest BCUT2D eigenvalue weighted by Gasteiger charge is 2.11. The summed E-state index contributed by atoms with van der Waals surface area (Å²) in [5, 5.41) is 6.72. The second-order valence-corrected chi connectivity index (χ2v) is 5.07. The van der Waals surface area contributed by atoms with E-state index in [4.69, 9.17) is 9.15 Å². The Bertz CT molecular complexity index is 778. The van der Waals surface area contributed by atoms with E-state index in [-0.39, 0.29) is 19.0 Å². The zero-order valence-electron chi connectivity index (χ0n) is 11.2. The lowest BCUT2D eigenvalue weighted by molar-refractivity contribution is 0.158. The molecule has 8 heteroatoms. The molecule has 108 valence electrons. The van der Waals surface area contributed by atoms with Gasteiger partial charge in [0, 0.05) is 18.7 Å². The highest BCUT2D eigenvalue weighted by molar-refractivity contribution is 7.13. The molecule has 0 spiro atoms. The summed E-state index contributed by atoms with van der Waals surface area (Å²) in [6, 6.07) is 5.65. The van der Waals surface area contributed by atoms with Crippen LogP contribution in [0.1, 0.15) is 11.6 Å². The minimum absolute atomic E-state index is 0.165. The number of methoxy groups -OCH3 is 1. The van der Waals surface area contributed by atoms with Crippen LogP contribution in [0, 0.1) is 0 Å². The van der Waals surface area contributed by atoms with Gasteiger partial charge in [0.25, 0.3) is 0 Å². The van der Waals surface area contributed by atoms with Crippen LogP contribution in [-0.2, 0) is 17.9 Å². The molecule has 0 N–H and O–H groups in total. The molecule has 3 aromatic rings. The van der Waals surface area contributed by atoms with E-state index in [0.717, 1.165) is 16.4 Å². The first-order valence-electron chi connectivity index (χ1n) is 6.18. The Hall–Kier alpha value is -2.32. The van der Waals surface area contributed by atoms with Gasteiger partial charge in [0.2, 0.25) is 5.89 Å². The number of nitrogens with zero attached hydrogens (tertiary/aromatic N) is 4. The average molecular weight is 304 g/mol. The molecule has 0 fully saturated rings. The van der Waals surface area contributed by atoms with Crippen LogP contribution in [0.3, 0.4) is 0 Å². The first-order valence-corrected chi connectivity index (χ1v) is 7.06. The molecule has 0 aliphatic carbocycles. The van der Waals surface area contributed by atoms with Crippen molar-refractivity contribution in [2.45, 2.75) is 13.2 Å². The highest BCUT2D eigenvalue weighted by atomic mass is 32.1. The van der Waals surface area contributed by atoms with Crippen molar-refractivity contribution in [3.63, 3.8) is 0 Å². The monoisotopic (exact) mass is 304 g/mol. The van der Waals surface area contributed by atoms with E-state index < -0.39 is 5.76 Å². The van der Waals surface area contributed by atoms with Gasteiger partial charge in [-0.2, -0.15) is 4.68 Å². The molecule has 0 aliphatic rings. The molecule has 3 rings (SSSR count). The Balaban J connectivity index is 1.80. The van der Waals surface area contributed by atoms with Crippen LogP contribution in [0.5, 0.6) is 0 Å². The molecular formula is C13H12N4O3S. The van der Waals surface area contributed by atoms with E-state index in [2.05, 4.69) is 15.1 Å². The van der Waals surface area contributed by atoms with E-state index in [0.29, 0.717) is 0 Å². The Labute approximate surface area is 123 Å². The lowest BCUT2D eigenvalue weighted by Crippen LogP contribution is -2.16. The molecular weight excluding hydrogens is 292 g/mol. The fraction of sp³-hybridized carbons (Fsp3) is 0.231. The third-order valence-electron chi connectivity index (χ3n) is 2.66. The zero-order valence-corrected chi connectivity index (χ0v) is 12.0. The molecule has 3 aromatic heterocycles. The maximum atomic E-state index is 11.6. The molecule has 0 aromatic carbocycles. The van der Waals surface area contributed by atoms with Crippen LogP contribution in [0.15, 0.2) is 39.0 Å². The molecule has 0 saturated heterocycles. The molecule has 21 heavy (non-hydrogen) atoms. The number of rotatable bonds is 5. The Morgan fingerprint density at radius 2 is 2.33 bits per heavy atom. The van der Waals surface area contributed by atoms with Gasteiger partial charge in [-0.1, -0.05) is 6.07 Å². The van der Waals surface area contributed by atoms with E-state index in [1.165, 1.54) is 23.1 Å². The standard InChI is InChI=1S/C13H12N4O3S/c1-19-7-11-16-17(13(18)20-11)6-9-8-21-12(15-9)10-4-2-3-5-14-10/h2-5,8H,6-7H2,1H3. The maximum absolute atomic E-state index is 11.6. The Morgan fingerprint density at radius 1 is 1.43 bits per heavy atom. The molecule has 0 saturated carbocycles. The van der Waals surface area contributed by atoms with Crippen molar-refractivity contribution in [2.75, 3.05) is 7.11 Å². The van der Waals surface area contributed by atoms with Gasteiger partial charge in [0.1, 0.15) is 11.6 Å². The molecule has 0 aliphatic heterocycles. The van der Waals surface area contributed by atoms with Gasteiger partial charge in [-0.25, -0.2) is 9.78 Å². The number of thiazole rings is 1. The number of hydrogen-bond donors (Lipinski definition) is 0. The second-order valence-electron chi connectivity index (χ2n) is 4.21. The van der Waals surface area contributed by atoms with Gasteiger partial charge in [0.15, 0.2) is 0 Å². The average Bonchev–Trinajstić information content (AvgIpc) is 3.09. The molecule has 0 atom stereocenters. The van der Waals surface area contributed by atoms with Gasteiger partial charge < -0.3 is 9.15 Å². The summed E-state index contributed by atoms with van der Waals surface area (Å²) in [6.45, 7) is 0.424. The predicted octanol–water partition coefficient (Wildman–Crippen LogP) is 1.55. The van der Waals surface area contributed by atoms with Crippen molar-refractivity contribution in [2.24, 2.45) is 0 Å². The van der Waals surface area contributed by atoms with Crippen molar-refractivity contribution >= 4 is 11.3 Å². The molecule has 0 amide bonds. The summed E-state index contributed by atoms with van der Waals surface area (Å²) in [5.41, 5.74) is 1.54. The first kappa shape index (κ1) is 13.7. The van der Waals surface area contributed by atoms with Crippen LogP contribution < -0.4 is 5.76 Å². The molecule has 0 bridgehead atoms. The minimum Gasteiger partial charge on any atom is -0.390 e. The maximum Gasteiger partial charge on any atom is 0.437 e. The summed E-state index contributed by atoms with van der Waals surface area (Å²) < 4.78 is 11.1. The van der Waals surface area contributed by atoms with Crippen molar-refractivity contribution in [1.82, 2.24) is 19.7 Å². The van der Waals surface area contributed by atoms with Gasteiger partial charge in [-0.05, 0) is 12.1 Å². The summed E-state index contributed by atoms with van der Waals surface area (Å²) in [4.78, 5) is 20.3. The lowest BCUT2D eigenvalue weighted by atomic mass is 10.4. The predicted molar refractivity (Wildman–Crippen MR) is 75.9 cm³/mol. The number of hydrogen-bond acceptors (Lipinski definition) is 7. The third kappa shape index (κ3) is 3.06.